The van der Waals surface area contributed by atoms with Gasteiger partial charge in [-0.1, -0.05) is 0 Å². The zero-order chi connectivity index (χ0) is 12.2. The van der Waals surface area contributed by atoms with Crippen LogP contribution in [0.1, 0.15) is 0 Å². The minimum atomic E-state index is -4.54. The van der Waals surface area contributed by atoms with Gasteiger partial charge in [0.15, 0.2) is 6.10 Å². The molecule has 1 aliphatic rings. The minimum absolute atomic E-state index is 0.0607. The summed E-state index contributed by atoms with van der Waals surface area (Å²) in [4.78, 5) is 3.57. The lowest BCUT2D eigenvalue weighted by atomic mass is 10.2. The summed E-state index contributed by atoms with van der Waals surface area (Å²) >= 11 is 0. The zero-order valence-corrected chi connectivity index (χ0v) is 8.95. The van der Waals surface area contributed by atoms with Crippen molar-refractivity contribution in [3.05, 3.63) is 0 Å². The molecule has 1 heterocycles. The highest BCUT2D eigenvalue weighted by Crippen LogP contribution is 2.21. The molecule has 4 nitrogen and oxygen atoms in total. The van der Waals surface area contributed by atoms with Gasteiger partial charge in [-0.15, -0.1) is 0 Å². The van der Waals surface area contributed by atoms with E-state index in [0.29, 0.717) is 32.7 Å². The van der Waals surface area contributed by atoms with Gasteiger partial charge in [-0.3, -0.25) is 9.80 Å². The molecule has 1 atom stereocenters. The Kier molecular flexibility index (Phi) is 4.97. The maximum Gasteiger partial charge on any atom is 0.415 e. The van der Waals surface area contributed by atoms with Crippen molar-refractivity contribution in [3.8, 4) is 0 Å². The number of piperazine rings is 1. The molecule has 7 heteroatoms. The second-order valence-electron chi connectivity index (χ2n) is 3.92. The molecule has 2 N–H and O–H groups in total. The van der Waals surface area contributed by atoms with Gasteiger partial charge < -0.3 is 10.2 Å². The van der Waals surface area contributed by atoms with Crippen molar-refractivity contribution in [2.75, 3.05) is 45.9 Å². The normalized spacial score (nSPS) is 22.3. The smallest absolute Gasteiger partial charge is 0.395 e. The molecule has 0 aromatic rings. The maximum atomic E-state index is 12.1. The average Bonchev–Trinajstić information content (AvgIpc) is 2.20. The Morgan fingerprint density at radius 1 is 1.06 bits per heavy atom. The molecule has 1 fully saturated rings. The minimum Gasteiger partial charge on any atom is -0.395 e. The Balaban J connectivity index is 2.27. The molecule has 0 aromatic heterocycles. The second kappa shape index (κ2) is 5.81. The van der Waals surface area contributed by atoms with Crippen molar-refractivity contribution in [3.63, 3.8) is 0 Å². The highest BCUT2D eigenvalue weighted by atomic mass is 19.4. The van der Waals surface area contributed by atoms with E-state index in [0.717, 1.165) is 0 Å². The Labute approximate surface area is 92.3 Å². The number of rotatable bonds is 4. The van der Waals surface area contributed by atoms with E-state index < -0.39 is 12.3 Å². The Hall–Kier alpha value is -0.370. The third-order valence-electron chi connectivity index (χ3n) is 2.69. The highest BCUT2D eigenvalue weighted by molar-refractivity contribution is 4.76. The first-order valence-corrected chi connectivity index (χ1v) is 5.24. The Morgan fingerprint density at radius 3 is 2.00 bits per heavy atom. The third-order valence-corrected chi connectivity index (χ3v) is 2.69. The van der Waals surface area contributed by atoms with E-state index in [1.54, 1.807) is 4.90 Å². The molecule has 0 amide bonds. The Morgan fingerprint density at radius 2 is 1.56 bits per heavy atom. The van der Waals surface area contributed by atoms with Crippen molar-refractivity contribution in [1.82, 2.24) is 9.80 Å². The van der Waals surface area contributed by atoms with Crippen molar-refractivity contribution in [2.24, 2.45) is 0 Å². The zero-order valence-electron chi connectivity index (χ0n) is 8.95. The number of aliphatic hydroxyl groups is 2. The standard InChI is InChI=1S/C9H17F3N2O2/c10-9(11,12)8(16)7-14-3-1-13(2-4-14)5-6-15/h8,15-16H,1-7H2/t8-/m0/s1. The van der Waals surface area contributed by atoms with Gasteiger partial charge in [-0.2, -0.15) is 13.2 Å². The van der Waals surface area contributed by atoms with Crippen molar-refractivity contribution >= 4 is 0 Å². The van der Waals surface area contributed by atoms with E-state index in [2.05, 4.69) is 0 Å². The SMILES string of the molecule is OCCN1CCN(C[C@H](O)C(F)(F)F)CC1. The monoisotopic (exact) mass is 242 g/mol. The molecule has 0 radical (unpaired) electrons. The molecular formula is C9H17F3N2O2. The number of nitrogens with zero attached hydrogens (tertiary/aromatic N) is 2. The summed E-state index contributed by atoms with van der Waals surface area (Å²) in [5, 5.41) is 17.6. The van der Waals surface area contributed by atoms with Gasteiger partial charge in [-0.25, -0.2) is 0 Å². The van der Waals surface area contributed by atoms with Crippen LogP contribution < -0.4 is 0 Å². The van der Waals surface area contributed by atoms with E-state index >= 15 is 0 Å². The van der Waals surface area contributed by atoms with Gasteiger partial charge in [0, 0.05) is 39.3 Å². The molecular weight excluding hydrogens is 225 g/mol. The summed E-state index contributed by atoms with van der Waals surface area (Å²) in [6, 6.07) is 0. The lowest BCUT2D eigenvalue weighted by Crippen LogP contribution is -2.51. The van der Waals surface area contributed by atoms with Crippen LogP contribution in [0.3, 0.4) is 0 Å². The molecule has 96 valence electrons. The third kappa shape index (κ3) is 4.25. The molecule has 0 aromatic carbocycles. The molecule has 0 unspecified atom stereocenters. The fraction of sp³-hybridized carbons (Fsp3) is 1.00. The molecule has 0 saturated carbocycles. The van der Waals surface area contributed by atoms with Crippen LogP contribution in [0.25, 0.3) is 0 Å². The number of β-amino-alcohol motifs (C(OH)–C–C–N with tert-alkyl or cyclic N) is 2. The fourth-order valence-corrected chi connectivity index (χ4v) is 1.68. The number of hydrogen-bond donors (Lipinski definition) is 2. The molecule has 1 aliphatic heterocycles. The predicted octanol–water partition coefficient (Wildman–Crippen LogP) is -0.481. The van der Waals surface area contributed by atoms with E-state index in [-0.39, 0.29) is 13.2 Å². The van der Waals surface area contributed by atoms with E-state index in [1.807, 2.05) is 4.90 Å². The first-order valence-electron chi connectivity index (χ1n) is 5.24. The van der Waals surface area contributed by atoms with E-state index in [1.165, 1.54) is 0 Å². The first-order chi connectivity index (χ1) is 7.43. The van der Waals surface area contributed by atoms with Gasteiger partial charge in [-0.05, 0) is 0 Å². The lowest BCUT2D eigenvalue weighted by Gasteiger charge is -2.35. The van der Waals surface area contributed by atoms with Gasteiger partial charge >= 0.3 is 6.18 Å². The number of hydrogen-bond acceptors (Lipinski definition) is 4. The average molecular weight is 242 g/mol. The van der Waals surface area contributed by atoms with Gasteiger partial charge in [0.1, 0.15) is 0 Å². The van der Waals surface area contributed by atoms with Crippen LogP contribution in [-0.4, -0.2) is 78.2 Å². The molecule has 0 bridgehead atoms. The first kappa shape index (κ1) is 13.7. The summed E-state index contributed by atoms with van der Waals surface area (Å²) in [6.45, 7) is 2.49. The quantitative estimate of drug-likeness (QED) is 0.699. The summed E-state index contributed by atoms with van der Waals surface area (Å²) in [5.74, 6) is 0. The lowest BCUT2D eigenvalue weighted by molar-refractivity contribution is -0.208. The summed E-state index contributed by atoms with van der Waals surface area (Å²) in [7, 11) is 0. The van der Waals surface area contributed by atoms with Crippen LogP contribution in [0, 0.1) is 0 Å². The van der Waals surface area contributed by atoms with Crippen LogP contribution in [0.2, 0.25) is 0 Å². The van der Waals surface area contributed by atoms with E-state index in [9.17, 15) is 13.2 Å². The fourth-order valence-electron chi connectivity index (χ4n) is 1.68. The largest absolute Gasteiger partial charge is 0.415 e. The maximum absolute atomic E-state index is 12.1. The summed E-state index contributed by atoms with van der Waals surface area (Å²) < 4.78 is 36.2. The second-order valence-corrected chi connectivity index (χ2v) is 3.92. The summed E-state index contributed by atoms with van der Waals surface area (Å²) in [5.41, 5.74) is 0. The molecule has 16 heavy (non-hydrogen) atoms. The van der Waals surface area contributed by atoms with Crippen LogP contribution >= 0.6 is 0 Å². The predicted molar refractivity (Wildman–Crippen MR) is 52.0 cm³/mol. The van der Waals surface area contributed by atoms with Crippen molar-refractivity contribution in [1.29, 1.82) is 0 Å². The van der Waals surface area contributed by atoms with Crippen molar-refractivity contribution in [2.45, 2.75) is 12.3 Å². The number of aliphatic hydroxyl groups excluding tert-OH is 2. The molecule has 0 spiro atoms. The highest BCUT2D eigenvalue weighted by Gasteiger charge is 2.39. The summed E-state index contributed by atoms with van der Waals surface area (Å²) in [6.07, 6.45) is -6.81. The molecule has 0 aliphatic carbocycles. The number of halogens is 3. The molecule has 1 saturated heterocycles. The van der Waals surface area contributed by atoms with Crippen LogP contribution in [-0.2, 0) is 0 Å². The number of alkyl halides is 3. The topological polar surface area (TPSA) is 46.9 Å². The van der Waals surface area contributed by atoms with Crippen LogP contribution in [0.5, 0.6) is 0 Å². The van der Waals surface area contributed by atoms with Crippen LogP contribution in [0.15, 0.2) is 0 Å². The Bertz CT molecular complexity index is 205. The van der Waals surface area contributed by atoms with Gasteiger partial charge in [0.2, 0.25) is 0 Å². The van der Waals surface area contributed by atoms with Crippen LogP contribution in [0.4, 0.5) is 13.2 Å². The van der Waals surface area contributed by atoms with Crippen molar-refractivity contribution < 1.29 is 23.4 Å². The molecule has 1 rings (SSSR count). The van der Waals surface area contributed by atoms with E-state index in [4.69, 9.17) is 10.2 Å². The van der Waals surface area contributed by atoms with Gasteiger partial charge in [0.05, 0.1) is 6.61 Å². The van der Waals surface area contributed by atoms with Gasteiger partial charge in [0.25, 0.3) is 0 Å².